The minimum absolute atomic E-state index is 0.162. The molecule has 0 unspecified atom stereocenters. The van der Waals surface area contributed by atoms with Gasteiger partial charge in [-0.05, 0) is 42.0 Å². The predicted molar refractivity (Wildman–Crippen MR) is 119 cm³/mol. The number of ether oxygens (including phenoxy) is 3. The van der Waals surface area contributed by atoms with E-state index in [1.165, 1.54) is 26.2 Å². The van der Waals surface area contributed by atoms with Gasteiger partial charge in [-0.3, -0.25) is 14.5 Å². The lowest BCUT2D eigenvalue weighted by molar-refractivity contribution is -0.137. The Kier molecular flexibility index (Phi) is 6.81. The molecule has 0 fully saturated rings. The molecule has 2 amide bonds. The molecule has 2 aromatic rings. The summed E-state index contributed by atoms with van der Waals surface area (Å²) in [5.41, 5.74) is 2.77. The monoisotopic (exact) mass is 425 g/mol. The molecule has 0 saturated heterocycles. The zero-order chi connectivity index (χ0) is 22.5. The van der Waals surface area contributed by atoms with Gasteiger partial charge in [-0.15, -0.1) is 0 Å². The summed E-state index contributed by atoms with van der Waals surface area (Å²) in [7, 11) is 8.49. The Morgan fingerprint density at radius 2 is 1.58 bits per heavy atom. The zero-order valence-corrected chi connectivity index (χ0v) is 18.4. The van der Waals surface area contributed by atoms with Gasteiger partial charge in [0.05, 0.1) is 32.9 Å². The number of benzene rings is 2. The van der Waals surface area contributed by atoms with E-state index < -0.39 is 5.91 Å². The van der Waals surface area contributed by atoms with Gasteiger partial charge in [-0.1, -0.05) is 6.07 Å². The van der Waals surface area contributed by atoms with Crippen LogP contribution in [0.3, 0.4) is 0 Å². The maximum absolute atomic E-state index is 13.2. The van der Waals surface area contributed by atoms with E-state index in [4.69, 9.17) is 14.2 Å². The van der Waals surface area contributed by atoms with E-state index in [0.717, 1.165) is 5.69 Å². The number of anilines is 2. The summed E-state index contributed by atoms with van der Waals surface area (Å²) < 4.78 is 15.7. The highest BCUT2D eigenvalue weighted by atomic mass is 16.5. The summed E-state index contributed by atoms with van der Waals surface area (Å²) >= 11 is 0. The number of hydrogen-bond acceptors (Lipinski definition) is 7. The van der Waals surface area contributed by atoms with Crippen LogP contribution in [0, 0.1) is 0 Å². The number of imide groups is 1. The fourth-order valence-corrected chi connectivity index (χ4v) is 3.32. The second-order valence-electron chi connectivity index (χ2n) is 7.14. The number of methoxy groups -OCH3 is 3. The van der Waals surface area contributed by atoms with Crippen LogP contribution in [0.5, 0.6) is 11.5 Å². The van der Waals surface area contributed by atoms with Gasteiger partial charge in [-0.25, -0.2) is 0 Å². The van der Waals surface area contributed by atoms with E-state index in [1.54, 1.807) is 18.2 Å². The van der Waals surface area contributed by atoms with Gasteiger partial charge < -0.3 is 24.4 Å². The quantitative estimate of drug-likeness (QED) is 0.619. The lowest BCUT2D eigenvalue weighted by atomic mass is 10.0. The molecule has 0 aliphatic carbocycles. The standard InChI is InChI=1S/C23H27N3O5/c1-25(2)17-9-7-16(8-10-17)24-21-20(22(27)26(23(21)28)12-13-29-3)15-6-11-18(30-4)19(14-15)31-5/h6-11,14,24H,12-13H2,1-5H3. The van der Waals surface area contributed by atoms with Crippen molar-refractivity contribution in [1.82, 2.24) is 4.90 Å². The molecule has 3 rings (SSSR count). The normalized spacial score (nSPS) is 13.6. The van der Waals surface area contributed by atoms with Gasteiger partial charge in [-0.2, -0.15) is 0 Å². The second-order valence-corrected chi connectivity index (χ2v) is 7.14. The van der Waals surface area contributed by atoms with Crippen molar-refractivity contribution >= 4 is 28.8 Å². The fourth-order valence-electron chi connectivity index (χ4n) is 3.32. The average molecular weight is 425 g/mol. The van der Waals surface area contributed by atoms with Crippen LogP contribution >= 0.6 is 0 Å². The molecule has 8 nitrogen and oxygen atoms in total. The van der Waals surface area contributed by atoms with Crippen LogP contribution in [0.1, 0.15) is 5.56 Å². The van der Waals surface area contributed by atoms with Gasteiger partial charge >= 0.3 is 0 Å². The molecular formula is C23H27N3O5. The highest BCUT2D eigenvalue weighted by molar-refractivity contribution is 6.36. The molecule has 1 heterocycles. The van der Waals surface area contributed by atoms with E-state index in [-0.39, 0.29) is 30.3 Å². The molecule has 0 radical (unpaired) electrons. The highest BCUT2D eigenvalue weighted by Gasteiger charge is 2.39. The third-order valence-corrected chi connectivity index (χ3v) is 5.01. The molecule has 1 N–H and O–H groups in total. The number of carbonyl (C=O) groups is 2. The summed E-state index contributed by atoms with van der Waals surface area (Å²) in [5, 5.41) is 3.14. The first-order valence-electron chi connectivity index (χ1n) is 9.77. The summed E-state index contributed by atoms with van der Waals surface area (Å²) in [6.45, 7) is 0.414. The third kappa shape index (κ3) is 4.49. The first-order chi connectivity index (χ1) is 14.9. The largest absolute Gasteiger partial charge is 0.493 e. The van der Waals surface area contributed by atoms with E-state index in [0.29, 0.717) is 22.7 Å². The molecule has 0 aromatic heterocycles. The van der Waals surface area contributed by atoms with Crippen molar-refractivity contribution in [1.29, 1.82) is 0 Å². The minimum Gasteiger partial charge on any atom is -0.493 e. The smallest absolute Gasteiger partial charge is 0.278 e. The van der Waals surface area contributed by atoms with Crippen molar-refractivity contribution in [3.05, 3.63) is 53.7 Å². The number of carbonyl (C=O) groups excluding carboxylic acids is 2. The molecule has 0 bridgehead atoms. The number of rotatable bonds is 9. The maximum atomic E-state index is 13.2. The van der Waals surface area contributed by atoms with E-state index in [1.807, 2.05) is 43.3 Å². The zero-order valence-electron chi connectivity index (χ0n) is 18.4. The Morgan fingerprint density at radius 1 is 0.903 bits per heavy atom. The Hall–Kier alpha value is -3.52. The Labute approximate surface area is 182 Å². The lowest BCUT2D eigenvalue weighted by Gasteiger charge is -2.15. The van der Waals surface area contributed by atoms with Crippen LogP contribution in [0.15, 0.2) is 48.2 Å². The second kappa shape index (κ2) is 9.53. The maximum Gasteiger partial charge on any atom is 0.278 e. The topological polar surface area (TPSA) is 80.3 Å². The van der Waals surface area contributed by atoms with Crippen molar-refractivity contribution in [2.75, 3.05) is 58.8 Å². The van der Waals surface area contributed by atoms with Crippen LogP contribution in [0.25, 0.3) is 5.57 Å². The fraction of sp³-hybridized carbons (Fsp3) is 0.304. The van der Waals surface area contributed by atoms with Crippen LogP contribution in [-0.2, 0) is 14.3 Å². The van der Waals surface area contributed by atoms with Crippen LogP contribution in [-0.4, -0.2) is 65.3 Å². The van der Waals surface area contributed by atoms with Gasteiger partial charge in [0.1, 0.15) is 5.70 Å². The molecule has 2 aromatic carbocycles. The number of hydrogen-bond donors (Lipinski definition) is 1. The molecule has 1 aliphatic rings. The minimum atomic E-state index is -0.400. The molecule has 0 saturated carbocycles. The van der Waals surface area contributed by atoms with Crippen LogP contribution in [0.2, 0.25) is 0 Å². The van der Waals surface area contributed by atoms with Gasteiger partial charge in [0.15, 0.2) is 11.5 Å². The number of nitrogens with zero attached hydrogens (tertiary/aromatic N) is 2. The predicted octanol–water partition coefficient (Wildman–Crippen LogP) is 2.61. The number of amides is 2. The number of nitrogens with one attached hydrogen (secondary N) is 1. The van der Waals surface area contributed by atoms with Gasteiger partial charge in [0, 0.05) is 32.6 Å². The summed E-state index contributed by atoms with van der Waals surface area (Å²) in [4.78, 5) is 29.5. The highest BCUT2D eigenvalue weighted by Crippen LogP contribution is 2.35. The Morgan fingerprint density at radius 3 is 2.16 bits per heavy atom. The summed E-state index contributed by atoms with van der Waals surface area (Å²) in [6.07, 6.45) is 0. The van der Waals surface area contributed by atoms with E-state index in [9.17, 15) is 9.59 Å². The van der Waals surface area contributed by atoms with Crippen LogP contribution in [0.4, 0.5) is 11.4 Å². The van der Waals surface area contributed by atoms with Gasteiger partial charge in [0.25, 0.3) is 11.8 Å². The molecule has 1 aliphatic heterocycles. The first-order valence-corrected chi connectivity index (χ1v) is 9.77. The molecule has 31 heavy (non-hydrogen) atoms. The van der Waals surface area contributed by atoms with Crippen molar-refractivity contribution in [2.45, 2.75) is 0 Å². The SMILES string of the molecule is COCCN1C(=O)C(Nc2ccc(N(C)C)cc2)=C(c2ccc(OC)c(OC)c2)C1=O. The third-order valence-electron chi connectivity index (χ3n) is 5.01. The van der Waals surface area contributed by atoms with Crippen molar-refractivity contribution in [3.63, 3.8) is 0 Å². The summed E-state index contributed by atoms with van der Waals surface area (Å²) in [5.74, 6) is 0.219. The Balaban J connectivity index is 2.05. The van der Waals surface area contributed by atoms with Crippen LogP contribution < -0.4 is 19.7 Å². The van der Waals surface area contributed by atoms with E-state index >= 15 is 0 Å². The molecular weight excluding hydrogens is 398 g/mol. The van der Waals surface area contributed by atoms with Crippen molar-refractivity contribution in [3.8, 4) is 11.5 Å². The molecule has 164 valence electrons. The van der Waals surface area contributed by atoms with Crippen molar-refractivity contribution in [2.24, 2.45) is 0 Å². The van der Waals surface area contributed by atoms with Gasteiger partial charge in [0.2, 0.25) is 0 Å². The molecule has 8 heteroatoms. The molecule has 0 spiro atoms. The molecule has 0 atom stereocenters. The lowest BCUT2D eigenvalue weighted by Crippen LogP contribution is -2.35. The van der Waals surface area contributed by atoms with Crippen molar-refractivity contribution < 1.29 is 23.8 Å². The summed E-state index contributed by atoms with van der Waals surface area (Å²) in [6, 6.07) is 12.7. The van der Waals surface area contributed by atoms with E-state index in [2.05, 4.69) is 5.32 Å². The first kappa shape index (κ1) is 22.2. The average Bonchev–Trinajstić information content (AvgIpc) is 3.01. The Bertz CT molecular complexity index is 999.